The molecule has 2 aliphatic heterocycles. The number of aromatic nitrogens is 1. The number of rotatable bonds is 4. The molecule has 0 atom stereocenters. The predicted molar refractivity (Wildman–Crippen MR) is 77.7 cm³/mol. The molecule has 3 aliphatic rings. The zero-order chi connectivity index (χ0) is 14.2. The van der Waals surface area contributed by atoms with Crippen LogP contribution in [0.3, 0.4) is 0 Å². The average molecular weight is 289 g/mol. The van der Waals surface area contributed by atoms with Crippen molar-refractivity contribution in [1.29, 1.82) is 0 Å². The van der Waals surface area contributed by atoms with Crippen LogP contribution in [0.1, 0.15) is 55.9 Å². The molecule has 5 heteroatoms. The van der Waals surface area contributed by atoms with Crippen molar-refractivity contribution in [1.82, 2.24) is 15.0 Å². The fraction of sp³-hybridized carbons (Fsp3) is 0.750. The quantitative estimate of drug-likeness (QED) is 0.852. The van der Waals surface area contributed by atoms with E-state index in [1.807, 2.05) is 0 Å². The molecule has 3 heterocycles. The molecule has 1 aromatic heterocycles. The maximum Gasteiger partial charge on any atom is 0.222 e. The number of carbonyl (C=O) groups excluding carboxylic acids is 1. The lowest BCUT2D eigenvalue weighted by atomic mass is 10.0. The maximum absolute atomic E-state index is 11.8. The molecule has 0 radical (unpaired) electrons. The van der Waals surface area contributed by atoms with E-state index in [-0.39, 0.29) is 0 Å². The van der Waals surface area contributed by atoms with Crippen LogP contribution in [-0.2, 0) is 11.3 Å². The zero-order valence-electron chi connectivity index (χ0n) is 12.5. The Kier molecular flexibility index (Phi) is 3.45. The van der Waals surface area contributed by atoms with Crippen molar-refractivity contribution in [3.63, 3.8) is 0 Å². The molecule has 0 bridgehead atoms. The van der Waals surface area contributed by atoms with Crippen molar-refractivity contribution in [3.8, 4) is 0 Å². The summed E-state index contributed by atoms with van der Waals surface area (Å²) in [5.74, 6) is 2.07. The van der Waals surface area contributed by atoms with Crippen molar-refractivity contribution in [2.45, 2.75) is 57.0 Å². The second-order valence-corrected chi connectivity index (χ2v) is 6.69. The lowest BCUT2D eigenvalue weighted by Gasteiger charge is -2.36. The largest absolute Gasteiger partial charge is 0.361 e. The minimum absolute atomic E-state index is 0.360. The summed E-state index contributed by atoms with van der Waals surface area (Å²) in [5.41, 5.74) is 1.06. The van der Waals surface area contributed by atoms with Crippen LogP contribution in [-0.4, -0.2) is 46.5 Å². The van der Waals surface area contributed by atoms with Crippen LogP contribution in [0.25, 0.3) is 0 Å². The Bertz CT molecular complexity index is 515. The average Bonchev–Trinajstić information content (AvgIpc) is 3.10. The van der Waals surface area contributed by atoms with E-state index in [9.17, 15) is 4.79 Å². The van der Waals surface area contributed by atoms with Crippen molar-refractivity contribution < 1.29 is 9.32 Å². The van der Waals surface area contributed by atoms with E-state index in [1.54, 1.807) is 0 Å². The van der Waals surface area contributed by atoms with Gasteiger partial charge in [0.05, 0.1) is 5.69 Å². The lowest BCUT2D eigenvalue weighted by molar-refractivity contribution is -0.130. The van der Waals surface area contributed by atoms with Gasteiger partial charge in [0.2, 0.25) is 5.91 Å². The van der Waals surface area contributed by atoms with Gasteiger partial charge in [0.15, 0.2) is 0 Å². The van der Waals surface area contributed by atoms with Crippen molar-refractivity contribution in [3.05, 3.63) is 17.5 Å². The van der Waals surface area contributed by atoms with Gasteiger partial charge in [-0.15, -0.1) is 0 Å². The fourth-order valence-electron chi connectivity index (χ4n) is 3.64. The van der Waals surface area contributed by atoms with Gasteiger partial charge in [0.25, 0.3) is 0 Å². The third-order valence-corrected chi connectivity index (χ3v) is 5.05. The van der Waals surface area contributed by atoms with E-state index in [1.165, 1.54) is 12.8 Å². The number of amides is 1. The number of nitrogens with zero attached hydrogens (tertiary/aromatic N) is 3. The van der Waals surface area contributed by atoms with Crippen molar-refractivity contribution >= 4 is 5.91 Å². The first-order valence-corrected chi connectivity index (χ1v) is 8.27. The van der Waals surface area contributed by atoms with Crippen LogP contribution < -0.4 is 0 Å². The maximum atomic E-state index is 11.8. The highest BCUT2D eigenvalue weighted by Gasteiger charge is 2.31. The monoisotopic (exact) mass is 289 g/mol. The van der Waals surface area contributed by atoms with Gasteiger partial charge in [0.1, 0.15) is 5.76 Å². The molecular weight excluding hydrogens is 266 g/mol. The summed E-state index contributed by atoms with van der Waals surface area (Å²) in [7, 11) is 0. The van der Waals surface area contributed by atoms with Gasteiger partial charge in [-0.05, 0) is 32.1 Å². The van der Waals surface area contributed by atoms with E-state index in [2.05, 4.69) is 21.0 Å². The molecule has 21 heavy (non-hydrogen) atoms. The minimum Gasteiger partial charge on any atom is -0.361 e. The summed E-state index contributed by atoms with van der Waals surface area (Å²) in [6.45, 7) is 3.97. The first kappa shape index (κ1) is 13.3. The molecule has 0 N–H and O–H groups in total. The molecule has 0 unspecified atom stereocenters. The molecule has 1 aromatic rings. The number of likely N-dealkylation sites (tertiary alicyclic amines) is 2. The smallest absolute Gasteiger partial charge is 0.222 e. The molecule has 1 saturated carbocycles. The normalized spacial score (nSPS) is 25.0. The SMILES string of the molecule is O=C1CCCN1C1CCN(Cc2cc(C3CC3)on2)CC1. The first-order valence-electron chi connectivity index (χ1n) is 8.27. The van der Waals surface area contributed by atoms with Crippen molar-refractivity contribution in [2.75, 3.05) is 19.6 Å². The Morgan fingerprint density at radius 2 is 2.00 bits per heavy atom. The highest BCUT2D eigenvalue weighted by Crippen LogP contribution is 2.40. The van der Waals surface area contributed by atoms with Crippen molar-refractivity contribution in [2.24, 2.45) is 0 Å². The lowest BCUT2D eigenvalue weighted by Crippen LogP contribution is -2.45. The number of hydrogen-bond donors (Lipinski definition) is 0. The number of piperidine rings is 1. The van der Waals surface area contributed by atoms with Gasteiger partial charge in [0, 0.05) is 50.6 Å². The predicted octanol–water partition coefficient (Wildman–Crippen LogP) is 2.14. The summed E-state index contributed by atoms with van der Waals surface area (Å²) in [6, 6.07) is 2.60. The highest BCUT2D eigenvalue weighted by atomic mass is 16.5. The highest BCUT2D eigenvalue weighted by molar-refractivity contribution is 5.78. The topological polar surface area (TPSA) is 49.6 Å². The van der Waals surface area contributed by atoms with Crippen LogP contribution in [0.2, 0.25) is 0 Å². The van der Waals surface area contributed by atoms with E-state index in [0.717, 1.165) is 63.3 Å². The molecule has 0 spiro atoms. The van der Waals surface area contributed by atoms with Gasteiger partial charge >= 0.3 is 0 Å². The van der Waals surface area contributed by atoms with E-state index in [4.69, 9.17) is 4.52 Å². The Morgan fingerprint density at radius 1 is 1.19 bits per heavy atom. The molecule has 0 aromatic carbocycles. The van der Waals surface area contributed by atoms with Crippen LogP contribution in [0.15, 0.2) is 10.6 Å². The van der Waals surface area contributed by atoms with Gasteiger partial charge in [-0.3, -0.25) is 9.69 Å². The molecule has 3 fully saturated rings. The molecule has 2 saturated heterocycles. The summed E-state index contributed by atoms with van der Waals surface area (Å²) in [6.07, 6.45) is 6.50. The van der Waals surface area contributed by atoms with E-state index < -0.39 is 0 Å². The summed E-state index contributed by atoms with van der Waals surface area (Å²) >= 11 is 0. The number of hydrogen-bond acceptors (Lipinski definition) is 4. The van der Waals surface area contributed by atoms with E-state index in [0.29, 0.717) is 17.9 Å². The van der Waals surface area contributed by atoms with Gasteiger partial charge in [-0.2, -0.15) is 0 Å². The molecule has 1 amide bonds. The molecule has 5 nitrogen and oxygen atoms in total. The zero-order valence-corrected chi connectivity index (χ0v) is 12.5. The molecule has 4 rings (SSSR count). The Morgan fingerprint density at radius 3 is 2.67 bits per heavy atom. The first-order chi connectivity index (χ1) is 10.3. The Labute approximate surface area is 125 Å². The molecule has 114 valence electrons. The van der Waals surface area contributed by atoms with Crippen LogP contribution in [0, 0.1) is 0 Å². The molecular formula is C16H23N3O2. The summed E-state index contributed by atoms with van der Waals surface area (Å²) in [4.78, 5) is 16.4. The van der Waals surface area contributed by atoms with E-state index >= 15 is 0 Å². The van der Waals surface area contributed by atoms with Gasteiger partial charge in [-0.1, -0.05) is 5.16 Å². The third-order valence-electron chi connectivity index (χ3n) is 5.05. The second kappa shape index (κ2) is 5.44. The van der Waals surface area contributed by atoms with Crippen LogP contribution in [0.4, 0.5) is 0 Å². The standard InChI is InChI=1S/C16H23N3O2/c20-16-2-1-7-19(16)14-5-8-18(9-6-14)11-13-10-15(21-17-13)12-3-4-12/h10,12,14H,1-9,11H2. The fourth-order valence-corrected chi connectivity index (χ4v) is 3.64. The van der Waals surface area contributed by atoms with Gasteiger partial charge < -0.3 is 9.42 Å². The Hall–Kier alpha value is -1.36. The third kappa shape index (κ3) is 2.84. The summed E-state index contributed by atoms with van der Waals surface area (Å²) in [5, 5.41) is 4.20. The minimum atomic E-state index is 0.360. The summed E-state index contributed by atoms with van der Waals surface area (Å²) < 4.78 is 5.42. The van der Waals surface area contributed by atoms with Crippen LogP contribution in [0.5, 0.6) is 0 Å². The van der Waals surface area contributed by atoms with Crippen LogP contribution >= 0.6 is 0 Å². The Balaban J connectivity index is 1.29. The number of carbonyl (C=O) groups is 1. The van der Waals surface area contributed by atoms with Gasteiger partial charge in [-0.25, -0.2) is 0 Å². The second-order valence-electron chi connectivity index (χ2n) is 6.69. The molecule has 1 aliphatic carbocycles.